The minimum atomic E-state index is 0.243. The smallest absolute Gasteiger partial charge is 0.0664 e. The lowest BCUT2D eigenvalue weighted by molar-refractivity contribution is 0.00640. The molecule has 0 aromatic rings. The third-order valence-electron chi connectivity index (χ3n) is 3.21. The molecule has 0 aliphatic carbocycles. The Hall–Kier alpha value is -0.120. The highest BCUT2D eigenvalue weighted by atomic mass is 16.5. The van der Waals surface area contributed by atoms with Crippen molar-refractivity contribution in [3.05, 3.63) is 0 Å². The van der Waals surface area contributed by atoms with Crippen LogP contribution < -0.4 is 5.32 Å². The van der Waals surface area contributed by atoms with Gasteiger partial charge >= 0.3 is 0 Å². The molecule has 1 aliphatic heterocycles. The summed E-state index contributed by atoms with van der Waals surface area (Å²) in [6.45, 7) is 11.6. The average molecular weight is 229 g/mol. The summed E-state index contributed by atoms with van der Waals surface area (Å²) in [6, 6.07) is 0.422. The molecule has 1 heterocycles. The van der Waals surface area contributed by atoms with E-state index >= 15 is 0 Å². The normalized spacial score (nSPS) is 28.3. The van der Waals surface area contributed by atoms with Gasteiger partial charge in [-0.1, -0.05) is 20.8 Å². The van der Waals surface area contributed by atoms with E-state index in [-0.39, 0.29) is 5.41 Å². The van der Waals surface area contributed by atoms with E-state index in [2.05, 4.69) is 33.0 Å². The van der Waals surface area contributed by atoms with Crippen molar-refractivity contribution >= 4 is 0 Å². The van der Waals surface area contributed by atoms with Crippen LogP contribution in [0.15, 0.2) is 0 Å². The molecule has 1 aliphatic rings. The minimum Gasteiger partial charge on any atom is -0.383 e. The van der Waals surface area contributed by atoms with Gasteiger partial charge in [-0.25, -0.2) is 0 Å². The van der Waals surface area contributed by atoms with Gasteiger partial charge in [0.25, 0.3) is 0 Å². The van der Waals surface area contributed by atoms with Gasteiger partial charge in [0.15, 0.2) is 0 Å². The Morgan fingerprint density at radius 3 is 2.69 bits per heavy atom. The van der Waals surface area contributed by atoms with Crippen molar-refractivity contribution in [2.45, 2.75) is 46.3 Å². The van der Waals surface area contributed by atoms with Gasteiger partial charge in [0.2, 0.25) is 0 Å². The Bertz CT molecular complexity index is 201. The van der Waals surface area contributed by atoms with Gasteiger partial charge in [0, 0.05) is 32.2 Å². The molecule has 0 aromatic carbocycles. The largest absolute Gasteiger partial charge is 0.383 e. The Kier molecular flexibility index (Phi) is 5.22. The second kappa shape index (κ2) is 5.99. The van der Waals surface area contributed by atoms with E-state index < -0.39 is 0 Å². The van der Waals surface area contributed by atoms with Crippen LogP contribution in [-0.4, -0.2) is 39.0 Å². The van der Waals surface area contributed by atoms with E-state index in [0.29, 0.717) is 18.1 Å². The fourth-order valence-corrected chi connectivity index (χ4v) is 2.46. The summed E-state index contributed by atoms with van der Waals surface area (Å²) in [5, 5.41) is 3.52. The highest BCUT2D eigenvalue weighted by Crippen LogP contribution is 2.34. The first kappa shape index (κ1) is 13.9. The Morgan fingerprint density at radius 1 is 1.44 bits per heavy atom. The molecule has 96 valence electrons. The first-order valence-corrected chi connectivity index (χ1v) is 6.29. The number of hydrogen-bond donors (Lipinski definition) is 1. The monoisotopic (exact) mass is 229 g/mol. The van der Waals surface area contributed by atoms with Crippen molar-refractivity contribution in [1.82, 2.24) is 5.32 Å². The second-order valence-corrected chi connectivity index (χ2v) is 5.97. The molecule has 0 amide bonds. The summed E-state index contributed by atoms with van der Waals surface area (Å²) in [5.74, 6) is 0.638. The zero-order valence-electron chi connectivity index (χ0n) is 11.4. The molecule has 1 N–H and O–H groups in total. The maximum Gasteiger partial charge on any atom is 0.0664 e. The van der Waals surface area contributed by atoms with Crippen LogP contribution in [0.3, 0.4) is 0 Å². The molecular formula is C13H27NO2. The van der Waals surface area contributed by atoms with E-state index in [4.69, 9.17) is 9.47 Å². The predicted molar refractivity (Wildman–Crippen MR) is 66.6 cm³/mol. The highest BCUT2D eigenvalue weighted by Gasteiger charge is 2.36. The number of hydrogen-bond acceptors (Lipinski definition) is 3. The van der Waals surface area contributed by atoms with Crippen molar-refractivity contribution < 1.29 is 9.47 Å². The molecule has 3 heteroatoms. The van der Waals surface area contributed by atoms with Gasteiger partial charge in [-0.15, -0.1) is 0 Å². The van der Waals surface area contributed by atoms with Gasteiger partial charge in [-0.2, -0.15) is 0 Å². The standard InChI is InChI=1S/C13H27NO2/c1-10(9-15-5)14-8-11-6-7-16-12(11)13(2,3)4/h10-12,14H,6-9H2,1-5H3/t10?,11-,12+/m1/s1. The number of rotatable bonds is 5. The maximum absolute atomic E-state index is 5.85. The molecule has 0 spiro atoms. The van der Waals surface area contributed by atoms with Gasteiger partial charge < -0.3 is 14.8 Å². The fraction of sp³-hybridized carbons (Fsp3) is 1.00. The van der Waals surface area contributed by atoms with Gasteiger partial charge in [-0.05, 0) is 18.8 Å². The van der Waals surface area contributed by atoms with Crippen LogP contribution in [-0.2, 0) is 9.47 Å². The molecular weight excluding hydrogens is 202 g/mol. The van der Waals surface area contributed by atoms with E-state index in [1.165, 1.54) is 6.42 Å². The Labute approximate surface area is 99.9 Å². The molecule has 0 radical (unpaired) electrons. The predicted octanol–water partition coefficient (Wildman–Crippen LogP) is 2.06. The number of nitrogens with one attached hydrogen (secondary N) is 1. The maximum atomic E-state index is 5.85. The fourth-order valence-electron chi connectivity index (χ4n) is 2.46. The van der Waals surface area contributed by atoms with Crippen LogP contribution in [0.2, 0.25) is 0 Å². The minimum absolute atomic E-state index is 0.243. The molecule has 0 bridgehead atoms. The third-order valence-corrected chi connectivity index (χ3v) is 3.21. The average Bonchev–Trinajstić information content (AvgIpc) is 2.62. The first-order valence-electron chi connectivity index (χ1n) is 6.29. The van der Waals surface area contributed by atoms with E-state index in [1.54, 1.807) is 7.11 Å². The SMILES string of the molecule is COCC(C)NC[C@H]1CCO[C@@H]1C(C)(C)C. The molecule has 1 fully saturated rings. The van der Waals surface area contributed by atoms with Gasteiger partial charge in [-0.3, -0.25) is 0 Å². The lowest BCUT2D eigenvalue weighted by Crippen LogP contribution is -2.40. The second-order valence-electron chi connectivity index (χ2n) is 5.97. The van der Waals surface area contributed by atoms with Crippen LogP contribution in [0.1, 0.15) is 34.1 Å². The topological polar surface area (TPSA) is 30.5 Å². The zero-order chi connectivity index (χ0) is 12.2. The molecule has 16 heavy (non-hydrogen) atoms. The summed E-state index contributed by atoms with van der Waals surface area (Å²) in [6.07, 6.45) is 1.56. The van der Waals surface area contributed by atoms with Crippen LogP contribution in [0.25, 0.3) is 0 Å². The lowest BCUT2D eigenvalue weighted by Gasteiger charge is -2.31. The zero-order valence-corrected chi connectivity index (χ0v) is 11.4. The molecule has 0 aromatic heterocycles. The highest BCUT2D eigenvalue weighted by molar-refractivity contribution is 4.87. The van der Waals surface area contributed by atoms with Crippen molar-refractivity contribution in [2.75, 3.05) is 26.9 Å². The number of methoxy groups -OCH3 is 1. The molecule has 1 saturated heterocycles. The van der Waals surface area contributed by atoms with Crippen LogP contribution in [0.5, 0.6) is 0 Å². The molecule has 0 saturated carbocycles. The van der Waals surface area contributed by atoms with Gasteiger partial charge in [0.1, 0.15) is 0 Å². The molecule has 3 atom stereocenters. The van der Waals surface area contributed by atoms with Gasteiger partial charge in [0.05, 0.1) is 12.7 Å². The van der Waals surface area contributed by atoms with Crippen LogP contribution in [0, 0.1) is 11.3 Å². The summed E-state index contributed by atoms with van der Waals surface area (Å²) in [4.78, 5) is 0. The van der Waals surface area contributed by atoms with Crippen molar-refractivity contribution in [3.8, 4) is 0 Å². The van der Waals surface area contributed by atoms with E-state index in [9.17, 15) is 0 Å². The van der Waals surface area contributed by atoms with E-state index in [1.807, 2.05) is 0 Å². The first-order chi connectivity index (χ1) is 7.45. The summed E-state index contributed by atoms with van der Waals surface area (Å²) < 4.78 is 11.0. The third kappa shape index (κ3) is 4.04. The summed E-state index contributed by atoms with van der Waals surface area (Å²) in [5.41, 5.74) is 0.243. The Morgan fingerprint density at radius 2 is 2.12 bits per heavy atom. The van der Waals surface area contributed by atoms with Crippen LogP contribution >= 0.6 is 0 Å². The molecule has 3 nitrogen and oxygen atoms in total. The molecule has 1 unspecified atom stereocenters. The summed E-state index contributed by atoms with van der Waals surface area (Å²) in [7, 11) is 1.74. The van der Waals surface area contributed by atoms with Crippen molar-refractivity contribution in [2.24, 2.45) is 11.3 Å². The summed E-state index contributed by atoms with van der Waals surface area (Å²) >= 11 is 0. The van der Waals surface area contributed by atoms with E-state index in [0.717, 1.165) is 19.8 Å². The Balaban J connectivity index is 2.36. The quantitative estimate of drug-likeness (QED) is 0.783. The lowest BCUT2D eigenvalue weighted by atomic mass is 9.81. The van der Waals surface area contributed by atoms with Crippen molar-refractivity contribution in [1.29, 1.82) is 0 Å². The molecule has 1 rings (SSSR count). The van der Waals surface area contributed by atoms with Crippen molar-refractivity contribution in [3.63, 3.8) is 0 Å². The van der Waals surface area contributed by atoms with Crippen LogP contribution in [0.4, 0.5) is 0 Å². The number of ether oxygens (including phenoxy) is 2.